The van der Waals surface area contributed by atoms with Gasteiger partial charge in [-0.3, -0.25) is 14.9 Å². The maximum atomic E-state index is 11.4. The van der Waals surface area contributed by atoms with Crippen molar-refractivity contribution >= 4 is 17.8 Å². The van der Waals surface area contributed by atoms with E-state index in [1.54, 1.807) is 18.3 Å². The van der Waals surface area contributed by atoms with Crippen molar-refractivity contribution in [2.24, 2.45) is 0 Å². The van der Waals surface area contributed by atoms with Crippen molar-refractivity contribution in [2.75, 3.05) is 11.9 Å². The van der Waals surface area contributed by atoms with Crippen molar-refractivity contribution < 1.29 is 14.0 Å². The van der Waals surface area contributed by atoms with Crippen LogP contribution in [0.4, 0.5) is 5.95 Å². The molecule has 94 valence electrons. The van der Waals surface area contributed by atoms with Gasteiger partial charge in [-0.15, -0.1) is 0 Å². The lowest BCUT2D eigenvalue weighted by Gasteiger charge is -2.03. The molecule has 0 aliphatic carbocycles. The maximum absolute atomic E-state index is 11.4. The zero-order valence-corrected chi connectivity index (χ0v) is 9.47. The van der Waals surface area contributed by atoms with Crippen molar-refractivity contribution in [3.63, 3.8) is 0 Å². The second-order valence-corrected chi connectivity index (χ2v) is 3.47. The number of H-pyrrole nitrogens is 1. The number of rotatable bonds is 5. The van der Waals surface area contributed by atoms with Crippen LogP contribution in [0.25, 0.3) is 0 Å². The van der Waals surface area contributed by atoms with Gasteiger partial charge in [0.15, 0.2) is 5.76 Å². The number of furan rings is 1. The van der Waals surface area contributed by atoms with E-state index in [-0.39, 0.29) is 30.5 Å². The predicted octanol–water partition coefficient (Wildman–Crippen LogP) is 0.761. The number of carbonyl (C=O) groups excluding carboxylic acids is 2. The fourth-order valence-corrected chi connectivity index (χ4v) is 1.31. The Morgan fingerprint density at radius 3 is 3.00 bits per heavy atom. The van der Waals surface area contributed by atoms with E-state index >= 15 is 0 Å². The highest BCUT2D eigenvalue weighted by molar-refractivity contribution is 5.92. The molecule has 0 bridgehead atoms. The van der Waals surface area contributed by atoms with Crippen LogP contribution in [0, 0.1) is 0 Å². The third kappa shape index (κ3) is 3.21. The second kappa shape index (κ2) is 5.67. The van der Waals surface area contributed by atoms with Crippen molar-refractivity contribution in [1.29, 1.82) is 0 Å². The average Bonchev–Trinajstić information content (AvgIpc) is 3.00. The number of hydrogen-bond donors (Lipinski definition) is 3. The number of nitrogens with one attached hydrogen (secondary N) is 3. The normalized spacial score (nSPS) is 10.0. The molecule has 2 rings (SSSR count). The Labute approximate surface area is 103 Å². The minimum atomic E-state index is -0.342. The maximum Gasteiger partial charge on any atom is 0.286 e. The predicted molar refractivity (Wildman–Crippen MR) is 62.9 cm³/mol. The molecule has 0 fully saturated rings. The van der Waals surface area contributed by atoms with Gasteiger partial charge in [0.2, 0.25) is 11.9 Å². The molecular weight excluding hydrogens is 236 g/mol. The minimum absolute atomic E-state index is 0.160. The zero-order chi connectivity index (χ0) is 12.8. The second-order valence-electron chi connectivity index (χ2n) is 3.47. The van der Waals surface area contributed by atoms with Gasteiger partial charge in [-0.2, -0.15) is 0 Å². The summed E-state index contributed by atoms with van der Waals surface area (Å²) in [5.74, 6) is 0.0364. The lowest BCUT2D eigenvalue weighted by Crippen LogP contribution is -2.27. The molecule has 0 aliphatic rings. The summed E-state index contributed by atoms with van der Waals surface area (Å²) in [4.78, 5) is 29.5. The number of aromatic nitrogens is 2. The summed E-state index contributed by atoms with van der Waals surface area (Å²) in [7, 11) is 0. The molecule has 3 N–H and O–H groups in total. The van der Waals surface area contributed by atoms with E-state index in [2.05, 4.69) is 20.6 Å². The molecule has 0 spiro atoms. The molecule has 0 atom stereocenters. The van der Waals surface area contributed by atoms with Gasteiger partial charge in [0, 0.05) is 25.4 Å². The molecule has 0 aliphatic heterocycles. The van der Waals surface area contributed by atoms with E-state index in [0.717, 1.165) is 0 Å². The number of amides is 2. The summed E-state index contributed by atoms with van der Waals surface area (Å²) >= 11 is 0. The monoisotopic (exact) mass is 248 g/mol. The van der Waals surface area contributed by atoms with Crippen LogP contribution in [-0.2, 0) is 4.79 Å². The van der Waals surface area contributed by atoms with Crippen molar-refractivity contribution in [3.8, 4) is 0 Å². The molecule has 0 radical (unpaired) electrons. The third-order valence-corrected chi connectivity index (χ3v) is 2.14. The van der Waals surface area contributed by atoms with Gasteiger partial charge in [-0.25, -0.2) is 4.98 Å². The number of hydrogen-bond acceptors (Lipinski definition) is 4. The van der Waals surface area contributed by atoms with Crippen LogP contribution in [0.15, 0.2) is 35.2 Å². The van der Waals surface area contributed by atoms with Crippen molar-refractivity contribution in [3.05, 3.63) is 36.5 Å². The highest BCUT2D eigenvalue weighted by atomic mass is 16.3. The first-order valence-corrected chi connectivity index (χ1v) is 5.36. The summed E-state index contributed by atoms with van der Waals surface area (Å²) in [6.45, 7) is 0.228. The number of carbonyl (C=O) groups is 2. The molecule has 0 saturated heterocycles. The smallest absolute Gasteiger partial charge is 0.286 e. The van der Waals surface area contributed by atoms with Crippen LogP contribution in [0.3, 0.4) is 0 Å². The van der Waals surface area contributed by atoms with Gasteiger partial charge in [0.05, 0.1) is 6.26 Å². The Kier molecular flexibility index (Phi) is 3.75. The molecule has 2 amide bonds. The van der Waals surface area contributed by atoms with Crippen molar-refractivity contribution in [2.45, 2.75) is 6.42 Å². The Bertz CT molecular complexity index is 504. The number of nitrogens with zero attached hydrogens (tertiary/aromatic N) is 1. The summed E-state index contributed by atoms with van der Waals surface area (Å²) < 4.78 is 4.91. The topological polar surface area (TPSA) is 100 Å². The number of anilines is 1. The van der Waals surface area contributed by atoms with E-state index < -0.39 is 0 Å². The molecule has 2 heterocycles. The SMILES string of the molecule is O=C(CCNC(=O)c1ccco1)Nc1ncc[nH]1. The van der Waals surface area contributed by atoms with Gasteiger partial charge in [-0.1, -0.05) is 0 Å². The van der Waals surface area contributed by atoms with Gasteiger partial charge in [-0.05, 0) is 12.1 Å². The van der Waals surface area contributed by atoms with E-state index in [9.17, 15) is 9.59 Å². The van der Waals surface area contributed by atoms with Crippen LogP contribution < -0.4 is 10.6 Å². The Morgan fingerprint density at radius 2 is 2.33 bits per heavy atom. The first-order valence-electron chi connectivity index (χ1n) is 5.36. The molecule has 0 saturated carbocycles. The summed E-state index contributed by atoms with van der Waals surface area (Å²) in [6.07, 6.45) is 4.72. The van der Waals surface area contributed by atoms with E-state index in [1.807, 2.05) is 0 Å². The van der Waals surface area contributed by atoms with Gasteiger partial charge in [0.25, 0.3) is 5.91 Å². The molecule has 2 aromatic rings. The van der Waals surface area contributed by atoms with E-state index in [0.29, 0.717) is 5.95 Å². The number of imidazole rings is 1. The quantitative estimate of drug-likeness (QED) is 0.727. The molecule has 0 aromatic carbocycles. The average molecular weight is 248 g/mol. The molecule has 7 nitrogen and oxygen atoms in total. The molecule has 0 unspecified atom stereocenters. The standard InChI is InChI=1S/C11H12N4O3/c16-9(15-11-13-5-6-14-11)3-4-12-10(17)8-2-1-7-18-8/h1-2,5-7H,3-4H2,(H,12,17)(H2,13,14,15,16). The summed E-state index contributed by atoms with van der Waals surface area (Å²) in [5.41, 5.74) is 0. The Hall–Kier alpha value is -2.57. The molecule has 18 heavy (non-hydrogen) atoms. The van der Waals surface area contributed by atoms with E-state index in [4.69, 9.17) is 4.42 Å². The fourth-order valence-electron chi connectivity index (χ4n) is 1.31. The van der Waals surface area contributed by atoms with E-state index in [1.165, 1.54) is 12.5 Å². The Balaban J connectivity index is 1.69. The lowest BCUT2D eigenvalue weighted by atomic mass is 10.3. The first kappa shape index (κ1) is 11.9. The van der Waals surface area contributed by atoms with Gasteiger partial charge >= 0.3 is 0 Å². The first-order chi connectivity index (χ1) is 8.75. The molecular formula is C11H12N4O3. The van der Waals surface area contributed by atoms with Crippen LogP contribution >= 0.6 is 0 Å². The lowest BCUT2D eigenvalue weighted by molar-refractivity contribution is -0.116. The molecule has 2 aromatic heterocycles. The largest absolute Gasteiger partial charge is 0.459 e. The van der Waals surface area contributed by atoms with Crippen molar-refractivity contribution in [1.82, 2.24) is 15.3 Å². The number of aromatic amines is 1. The van der Waals surface area contributed by atoms with Crippen LogP contribution in [0.2, 0.25) is 0 Å². The highest BCUT2D eigenvalue weighted by Gasteiger charge is 2.09. The summed E-state index contributed by atoms with van der Waals surface area (Å²) in [6, 6.07) is 3.18. The highest BCUT2D eigenvalue weighted by Crippen LogP contribution is 1.99. The Morgan fingerprint density at radius 1 is 1.44 bits per heavy atom. The fraction of sp³-hybridized carbons (Fsp3) is 0.182. The van der Waals surface area contributed by atoms with Crippen LogP contribution in [0.5, 0.6) is 0 Å². The summed E-state index contributed by atoms with van der Waals surface area (Å²) in [5, 5.41) is 5.12. The van der Waals surface area contributed by atoms with Gasteiger partial charge < -0.3 is 14.7 Å². The van der Waals surface area contributed by atoms with Crippen LogP contribution in [-0.4, -0.2) is 28.3 Å². The zero-order valence-electron chi connectivity index (χ0n) is 9.47. The minimum Gasteiger partial charge on any atom is -0.459 e. The van der Waals surface area contributed by atoms with Gasteiger partial charge in [0.1, 0.15) is 0 Å². The van der Waals surface area contributed by atoms with Crippen LogP contribution in [0.1, 0.15) is 17.0 Å². The third-order valence-electron chi connectivity index (χ3n) is 2.14. The molecule has 7 heteroatoms.